The number of hydrogen-bond donors (Lipinski definition) is 4. The molecule has 3 aromatic rings. The topological polar surface area (TPSA) is 107 Å². The number of H-pyrrole nitrogens is 1. The SMILES string of the molecule is O=C(CCCCCC(=O)Nc1ccccc1O)NN=Cc1c[nH]c2ccccc12. The van der Waals surface area contributed by atoms with Gasteiger partial charge < -0.3 is 15.4 Å². The summed E-state index contributed by atoms with van der Waals surface area (Å²) in [6.45, 7) is 0. The number of nitrogens with one attached hydrogen (secondary N) is 3. The largest absolute Gasteiger partial charge is 0.506 e. The van der Waals surface area contributed by atoms with Crippen LogP contribution in [0.4, 0.5) is 5.69 Å². The monoisotopic (exact) mass is 392 g/mol. The van der Waals surface area contributed by atoms with Gasteiger partial charge in [-0.05, 0) is 31.0 Å². The van der Waals surface area contributed by atoms with E-state index in [0.717, 1.165) is 22.9 Å². The van der Waals surface area contributed by atoms with Gasteiger partial charge >= 0.3 is 0 Å². The molecule has 1 heterocycles. The second kappa shape index (κ2) is 10.1. The number of rotatable bonds is 9. The lowest BCUT2D eigenvalue weighted by molar-refractivity contribution is -0.121. The second-order valence-electron chi connectivity index (χ2n) is 6.71. The van der Waals surface area contributed by atoms with E-state index in [9.17, 15) is 14.7 Å². The minimum atomic E-state index is -0.153. The number of aromatic nitrogens is 1. The number of carbonyl (C=O) groups is 2. The number of aromatic amines is 1. The number of amides is 2. The van der Waals surface area contributed by atoms with Crippen LogP contribution in [-0.2, 0) is 9.59 Å². The molecule has 0 aliphatic rings. The highest BCUT2D eigenvalue weighted by Gasteiger charge is 2.06. The van der Waals surface area contributed by atoms with Gasteiger partial charge in [0.1, 0.15) is 5.75 Å². The van der Waals surface area contributed by atoms with Crippen LogP contribution in [0.5, 0.6) is 5.75 Å². The van der Waals surface area contributed by atoms with E-state index < -0.39 is 0 Å². The smallest absolute Gasteiger partial charge is 0.240 e. The molecule has 0 radical (unpaired) electrons. The highest BCUT2D eigenvalue weighted by Crippen LogP contribution is 2.21. The van der Waals surface area contributed by atoms with E-state index in [0.29, 0.717) is 31.4 Å². The summed E-state index contributed by atoms with van der Waals surface area (Å²) in [5, 5.41) is 17.4. The molecular formula is C22H24N4O3. The zero-order valence-corrected chi connectivity index (χ0v) is 16.0. The summed E-state index contributed by atoms with van der Waals surface area (Å²) in [5.41, 5.74) is 4.87. The molecule has 1 aromatic heterocycles. The van der Waals surface area contributed by atoms with Gasteiger partial charge in [-0.3, -0.25) is 9.59 Å². The molecule has 0 atom stereocenters. The van der Waals surface area contributed by atoms with Crippen molar-refractivity contribution in [1.82, 2.24) is 10.4 Å². The van der Waals surface area contributed by atoms with Gasteiger partial charge in [-0.15, -0.1) is 0 Å². The minimum absolute atomic E-state index is 0.0470. The van der Waals surface area contributed by atoms with Gasteiger partial charge in [0.2, 0.25) is 11.8 Å². The Bertz CT molecular complexity index is 1010. The number of phenols is 1. The highest BCUT2D eigenvalue weighted by atomic mass is 16.3. The predicted molar refractivity (Wildman–Crippen MR) is 114 cm³/mol. The van der Waals surface area contributed by atoms with E-state index in [2.05, 4.69) is 20.8 Å². The first-order valence-corrected chi connectivity index (χ1v) is 9.59. The third kappa shape index (κ3) is 5.93. The number of hydrazone groups is 1. The third-order valence-electron chi connectivity index (χ3n) is 4.50. The molecule has 29 heavy (non-hydrogen) atoms. The number of aromatic hydroxyl groups is 1. The Balaban J connectivity index is 1.31. The Morgan fingerprint density at radius 3 is 2.52 bits per heavy atom. The fourth-order valence-electron chi connectivity index (χ4n) is 2.97. The zero-order valence-electron chi connectivity index (χ0n) is 16.0. The van der Waals surface area contributed by atoms with Crippen molar-refractivity contribution in [1.29, 1.82) is 0 Å². The van der Waals surface area contributed by atoms with Crippen molar-refractivity contribution in [3.63, 3.8) is 0 Å². The molecule has 0 spiro atoms. The molecule has 0 fully saturated rings. The third-order valence-corrected chi connectivity index (χ3v) is 4.50. The first-order chi connectivity index (χ1) is 14.1. The van der Waals surface area contributed by atoms with Crippen LogP contribution in [0.1, 0.15) is 37.7 Å². The van der Waals surface area contributed by atoms with Crippen molar-refractivity contribution in [3.05, 3.63) is 60.3 Å². The summed E-state index contributed by atoms with van der Waals surface area (Å²) in [4.78, 5) is 26.9. The summed E-state index contributed by atoms with van der Waals surface area (Å²) in [5.74, 6) is -0.259. The maximum atomic E-state index is 11.9. The molecule has 0 bridgehead atoms. The van der Waals surface area contributed by atoms with Crippen LogP contribution in [0.25, 0.3) is 10.9 Å². The number of anilines is 1. The lowest BCUT2D eigenvalue weighted by Gasteiger charge is -2.06. The summed E-state index contributed by atoms with van der Waals surface area (Å²) in [7, 11) is 0. The van der Waals surface area contributed by atoms with Crippen LogP contribution < -0.4 is 10.7 Å². The fraction of sp³-hybridized carbons (Fsp3) is 0.227. The lowest BCUT2D eigenvalue weighted by atomic mass is 10.1. The van der Waals surface area contributed by atoms with Gasteiger partial charge in [0.25, 0.3) is 0 Å². The molecule has 7 nitrogen and oxygen atoms in total. The van der Waals surface area contributed by atoms with E-state index in [1.807, 2.05) is 30.5 Å². The molecule has 0 saturated heterocycles. The molecule has 0 aliphatic heterocycles. The van der Waals surface area contributed by atoms with E-state index in [1.54, 1.807) is 24.4 Å². The molecular weight excluding hydrogens is 368 g/mol. The number of nitrogens with zero attached hydrogens (tertiary/aromatic N) is 1. The predicted octanol–water partition coefficient (Wildman–Crippen LogP) is 3.91. The highest BCUT2D eigenvalue weighted by molar-refractivity contribution is 5.99. The number of fused-ring (bicyclic) bond motifs is 1. The van der Waals surface area contributed by atoms with Gasteiger partial charge in [-0.25, -0.2) is 5.43 Å². The number of hydrogen-bond acceptors (Lipinski definition) is 4. The Morgan fingerprint density at radius 1 is 0.966 bits per heavy atom. The maximum absolute atomic E-state index is 11.9. The van der Waals surface area contributed by atoms with Crippen LogP contribution >= 0.6 is 0 Å². The van der Waals surface area contributed by atoms with Crippen molar-refractivity contribution < 1.29 is 14.7 Å². The van der Waals surface area contributed by atoms with E-state index in [1.165, 1.54) is 6.07 Å². The molecule has 2 amide bonds. The quantitative estimate of drug-likeness (QED) is 0.192. The Morgan fingerprint density at radius 2 is 1.69 bits per heavy atom. The first kappa shape index (κ1) is 20.1. The normalized spacial score (nSPS) is 11.0. The second-order valence-corrected chi connectivity index (χ2v) is 6.71. The zero-order chi connectivity index (χ0) is 20.5. The number of para-hydroxylation sites is 3. The summed E-state index contributed by atoms with van der Waals surface area (Å²) in [6, 6.07) is 14.5. The number of unbranched alkanes of at least 4 members (excludes halogenated alkanes) is 2. The van der Waals surface area contributed by atoms with Gasteiger partial charge in [-0.2, -0.15) is 5.10 Å². The fourth-order valence-corrected chi connectivity index (χ4v) is 2.97. The summed E-state index contributed by atoms with van der Waals surface area (Å²) >= 11 is 0. The van der Waals surface area contributed by atoms with Crippen molar-refractivity contribution in [3.8, 4) is 5.75 Å². The molecule has 3 rings (SSSR count). The average Bonchev–Trinajstić information content (AvgIpc) is 3.13. The first-order valence-electron chi connectivity index (χ1n) is 9.59. The summed E-state index contributed by atoms with van der Waals surface area (Å²) in [6.07, 6.45) is 6.28. The van der Waals surface area contributed by atoms with Crippen LogP contribution in [-0.4, -0.2) is 28.1 Å². The van der Waals surface area contributed by atoms with Crippen molar-refractivity contribution >= 4 is 34.6 Å². The molecule has 150 valence electrons. The molecule has 0 aliphatic carbocycles. The van der Waals surface area contributed by atoms with Crippen LogP contribution in [0.2, 0.25) is 0 Å². The van der Waals surface area contributed by atoms with Gasteiger partial charge in [-0.1, -0.05) is 36.8 Å². The van der Waals surface area contributed by atoms with Crippen LogP contribution in [0, 0.1) is 0 Å². The van der Waals surface area contributed by atoms with Crippen LogP contribution in [0.3, 0.4) is 0 Å². The number of carbonyl (C=O) groups excluding carboxylic acids is 2. The lowest BCUT2D eigenvalue weighted by Crippen LogP contribution is -2.17. The van der Waals surface area contributed by atoms with Crippen molar-refractivity contribution in [2.45, 2.75) is 32.1 Å². The molecule has 0 unspecified atom stereocenters. The van der Waals surface area contributed by atoms with E-state index in [4.69, 9.17) is 0 Å². The number of phenolic OH excluding ortho intramolecular Hbond substituents is 1. The van der Waals surface area contributed by atoms with E-state index >= 15 is 0 Å². The van der Waals surface area contributed by atoms with Crippen molar-refractivity contribution in [2.24, 2.45) is 5.10 Å². The molecule has 0 saturated carbocycles. The van der Waals surface area contributed by atoms with Gasteiger partial charge in [0.15, 0.2) is 0 Å². The molecule has 4 N–H and O–H groups in total. The number of benzene rings is 2. The summed E-state index contributed by atoms with van der Waals surface area (Å²) < 4.78 is 0. The Hall–Kier alpha value is -3.61. The van der Waals surface area contributed by atoms with Gasteiger partial charge in [0, 0.05) is 35.5 Å². The molecule has 7 heteroatoms. The van der Waals surface area contributed by atoms with Gasteiger partial charge in [0.05, 0.1) is 11.9 Å². The van der Waals surface area contributed by atoms with E-state index in [-0.39, 0.29) is 17.6 Å². The standard InChI is InChI=1S/C22H24N4O3/c27-20-11-7-6-10-19(20)25-21(28)12-2-1-3-13-22(29)26-24-15-16-14-23-18-9-5-4-8-17(16)18/h4-11,14-15,23,27H,1-3,12-13H2,(H,25,28)(H,26,29). The van der Waals surface area contributed by atoms with Crippen molar-refractivity contribution in [2.75, 3.05) is 5.32 Å². The Labute approximate surface area is 168 Å². The molecule has 2 aromatic carbocycles. The minimum Gasteiger partial charge on any atom is -0.506 e. The Kier molecular flexibility index (Phi) is 7.00. The van der Waals surface area contributed by atoms with Crippen LogP contribution in [0.15, 0.2) is 59.8 Å². The average molecular weight is 392 g/mol. The maximum Gasteiger partial charge on any atom is 0.240 e.